The summed E-state index contributed by atoms with van der Waals surface area (Å²) >= 11 is 0. The Morgan fingerprint density at radius 3 is 2.18 bits per heavy atom. The van der Waals surface area contributed by atoms with Crippen LogP contribution in [-0.4, -0.2) is 51.8 Å². The van der Waals surface area contributed by atoms with Crippen LogP contribution in [0.4, 0.5) is 5.69 Å². The molecule has 202 valence electrons. The van der Waals surface area contributed by atoms with Gasteiger partial charge in [0.05, 0.1) is 45.5 Å². The maximum absolute atomic E-state index is 13.3. The Morgan fingerprint density at radius 1 is 0.923 bits per heavy atom. The van der Waals surface area contributed by atoms with E-state index in [1.165, 1.54) is 21.3 Å². The van der Waals surface area contributed by atoms with Crippen LogP contribution in [0.5, 0.6) is 28.7 Å². The van der Waals surface area contributed by atoms with Gasteiger partial charge >= 0.3 is 11.9 Å². The Morgan fingerprint density at radius 2 is 1.56 bits per heavy atom. The number of hydrogen-bond donors (Lipinski definition) is 2. The van der Waals surface area contributed by atoms with Gasteiger partial charge in [-0.1, -0.05) is 0 Å². The average molecular weight is 534 g/mol. The summed E-state index contributed by atoms with van der Waals surface area (Å²) in [6, 6.07) is 13.9. The number of carbonyl (C=O) groups excluding carboxylic acids is 2. The standard InChI is InChI=1S/C29H27NO9/c1-34-22-8-15(9-23(35-2)27(22)31)24-17-10-20-21(39-13-38-20)11-18(17)26(19-12-37-29(33)25(19)24)30-16-6-4-14(5-7-16)28(32)36-3/h4-11,19,24-26,30-31H,12-13H2,1-3H3/t19-,24+,25-,26+/m0/s1. The molecular weight excluding hydrogens is 506 g/mol. The number of carbonyl (C=O) groups is 2. The van der Waals surface area contributed by atoms with Crippen molar-refractivity contribution in [2.75, 3.05) is 40.0 Å². The number of esters is 2. The summed E-state index contributed by atoms with van der Waals surface area (Å²) < 4.78 is 32.7. The van der Waals surface area contributed by atoms with Gasteiger partial charge in [-0.2, -0.15) is 0 Å². The summed E-state index contributed by atoms with van der Waals surface area (Å²) in [5, 5.41) is 14.1. The number of fused-ring (bicyclic) bond motifs is 3. The van der Waals surface area contributed by atoms with Crippen LogP contribution < -0.4 is 24.3 Å². The molecule has 0 bridgehead atoms. The van der Waals surface area contributed by atoms with Crippen LogP contribution in [0.3, 0.4) is 0 Å². The minimum absolute atomic E-state index is 0.103. The van der Waals surface area contributed by atoms with Gasteiger partial charge in [0.25, 0.3) is 0 Å². The summed E-state index contributed by atoms with van der Waals surface area (Å²) in [7, 11) is 4.26. The second-order valence-corrected chi connectivity index (χ2v) is 9.60. The highest BCUT2D eigenvalue weighted by Gasteiger charge is 2.52. The molecule has 10 heteroatoms. The minimum Gasteiger partial charge on any atom is -0.502 e. The van der Waals surface area contributed by atoms with E-state index in [1.54, 1.807) is 36.4 Å². The van der Waals surface area contributed by atoms with Gasteiger partial charge < -0.3 is 38.8 Å². The van der Waals surface area contributed by atoms with Gasteiger partial charge in [0.15, 0.2) is 23.0 Å². The number of methoxy groups -OCH3 is 3. The number of rotatable bonds is 6. The maximum Gasteiger partial charge on any atom is 0.337 e. The largest absolute Gasteiger partial charge is 0.502 e. The number of phenolic OH excluding ortho intramolecular Hbond substituents is 1. The lowest BCUT2D eigenvalue weighted by molar-refractivity contribution is -0.141. The zero-order valence-corrected chi connectivity index (χ0v) is 21.6. The molecule has 0 unspecified atom stereocenters. The molecule has 2 heterocycles. The summed E-state index contributed by atoms with van der Waals surface area (Å²) in [5.41, 5.74) is 3.71. The third-order valence-electron chi connectivity index (χ3n) is 7.68. The highest BCUT2D eigenvalue weighted by molar-refractivity contribution is 5.89. The molecule has 1 saturated heterocycles. The highest BCUT2D eigenvalue weighted by Crippen LogP contribution is 2.56. The van der Waals surface area contributed by atoms with Crippen molar-refractivity contribution in [1.82, 2.24) is 0 Å². The first-order chi connectivity index (χ1) is 18.9. The number of cyclic esters (lactones) is 1. The van der Waals surface area contributed by atoms with Crippen molar-refractivity contribution >= 4 is 17.6 Å². The number of anilines is 1. The Balaban J connectivity index is 1.49. The lowest BCUT2D eigenvalue weighted by atomic mass is 9.65. The van der Waals surface area contributed by atoms with E-state index in [1.807, 2.05) is 12.1 Å². The average Bonchev–Trinajstić information content (AvgIpc) is 3.58. The van der Waals surface area contributed by atoms with Gasteiger partial charge in [0, 0.05) is 17.5 Å². The van der Waals surface area contributed by atoms with Crippen molar-refractivity contribution in [2.24, 2.45) is 11.8 Å². The van der Waals surface area contributed by atoms with Crippen molar-refractivity contribution in [2.45, 2.75) is 12.0 Å². The molecule has 10 nitrogen and oxygen atoms in total. The third-order valence-corrected chi connectivity index (χ3v) is 7.68. The van der Waals surface area contributed by atoms with E-state index in [4.69, 9.17) is 28.4 Å². The Bertz CT molecular complexity index is 1430. The van der Waals surface area contributed by atoms with E-state index in [9.17, 15) is 14.7 Å². The number of aromatic hydroxyl groups is 1. The number of phenols is 1. The van der Waals surface area contributed by atoms with Gasteiger partial charge in [-0.3, -0.25) is 4.79 Å². The van der Waals surface area contributed by atoms with Gasteiger partial charge in [0.1, 0.15) is 0 Å². The molecule has 0 spiro atoms. The fraction of sp³-hybridized carbons (Fsp3) is 0.310. The first-order valence-electron chi connectivity index (χ1n) is 12.4. The Hall–Kier alpha value is -4.60. The molecule has 4 atom stereocenters. The molecule has 3 aromatic rings. The third kappa shape index (κ3) is 4.03. The second-order valence-electron chi connectivity index (χ2n) is 9.60. The van der Waals surface area contributed by atoms with Crippen molar-refractivity contribution in [1.29, 1.82) is 0 Å². The van der Waals surface area contributed by atoms with Crippen LogP contribution in [0, 0.1) is 11.8 Å². The first kappa shape index (κ1) is 24.7. The zero-order chi connectivity index (χ0) is 27.3. The maximum atomic E-state index is 13.3. The van der Waals surface area contributed by atoms with Gasteiger partial charge in [-0.25, -0.2) is 4.79 Å². The summed E-state index contributed by atoms with van der Waals surface area (Å²) in [4.78, 5) is 25.2. The molecule has 0 amide bonds. The van der Waals surface area contributed by atoms with Crippen molar-refractivity contribution < 1.29 is 43.1 Å². The van der Waals surface area contributed by atoms with E-state index in [0.29, 0.717) is 17.1 Å². The monoisotopic (exact) mass is 533 g/mol. The fourth-order valence-corrected chi connectivity index (χ4v) is 5.84. The van der Waals surface area contributed by atoms with E-state index >= 15 is 0 Å². The predicted octanol–water partition coefficient (Wildman–Crippen LogP) is 4.01. The highest BCUT2D eigenvalue weighted by atomic mass is 16.7. The van der Waals surface area contributed by atoms with Crippen LogP contribution in [0.2, 0.25) is 0 Å². The molecule has 3 aromatic carbocycles. The molecule has 3 aliphatic rings. The van der Waals surface area contributed by atoms with Crippen LogP contribution in [0.1, 0.15) is 39.0 Å². The molecular formula is C29H27NO9. The van der Waals surface area contributed by atoms with Gasteiger partial charge in [0.2, 0.25) is 12.5 Å². The van der Waals surface area contributed by atoms with Crippen molar-refractivity contribution in [3.63, 3.8) is 0 Å². The molecule has 1 aliphatic carbocycles. The Labute approximate surface area is 224 Å². The van der Waals surface area contributed by atoms with Crippen LogP contribution in [-0.2, 0) is 14.3 Å². The van der Waals surface area contributed by atoms with Gasteiger partial charge in [-0.15, -0.1) is 0 Å². The van der Waals surface area contributed by atoms with Crippen molar-refractivity contribution in [3.8, 4) is 28.7 Å². The number of nitrogens with one attached hydrogen (secondary N) is 1. The lowest BCUT2D eigenvalue weighted by Gasteiger charge is -2.40. The van der Waals surface area contributed by atoms with Gasteiger partial charge in [-0.05, 0) is 65.2 Å². The number of ether oxygens (including phenoxy) is 6. The van der Waals surface area contributed by atoms with E-state index in [-0.39, 0.29) is 48.6 Å². The molecule has 1 fully saturated rings. The lowest BCUT2D eigenvalue weighted by Crippen LogP contribution is -2.37. The number of hydrogen-bond acceptors (Lipinski definition) is 10. The topological polar surface area (TPSA) is 122 Å². The number of benzene rings is 3. The summed E-state index contributed by atoms with van der Waals surface area (Å²) in [6.07, 6.45) is 0. The SMILES string of the molecule is COC(=O)c1ccc(N[C@@H]2c3cc4c(cc3[C@@H](c3cc(OC)c(O)c(OC)c3)[C@H]3C(=O)OC[C@@H]32)OCO4)cc1. The quantitative estimate of drug-likeness (QED) is 0.450. The smallest absolute Gasteiger partial charge is 0.337 e. The first-order valence-corrected chi connectivity index (χ1v) is 12.4. The van der Waals surface area contributed by atoms with Crippen molar-refractivity contribution in [3.05, 3.63) is 70.8 Å². The van der Waals surface area contributed by atoms with Crippen LogP contribution in [0.15, 0.2) is 48.5 Å². The predicted molar refractivity (Wildman–Crippen MR) is 138 cm³/mol. The van der Waals surface area contributed by atoms with E-state index in [2.05, 4.69) is 5.32 Å². The molecule has 6 rings (SSSR count). The van der Waals surface area contributed by atoms with E-state index in [0.717, 1.165) is 22.4 Å². The molecule has 2 N–H and O–H groups in total. The van der Waals surface area contributed by atoms with Crippen LogP contribution >= 0.6 is 0 Å². The summed E-state index contributed by atoms with van der Waals surface area (Å²) in [6.45, 7) is 0.323. The summed E-state index contributed by atoms with van der Waals surface area (Å²) in [5.74, 6) is -0.385. The van der Waals surface area contributed by atoms with E-state index < -0.39 is 17.8 Å². The molecule has 0 saturated carbocycles. The fourth-order valence-electron chi connectivity index (χ4n) is 5.84. The molecule has 0 radical (unpaired) electrons. The second kappa shape index (κ2) is 9.61. The minimum atomic E-state index is -0.538. The zero-order valence-electron chi connectivity index (χ0n) is 21.6. The Kier molecular flexibility index (Phi) is 6.09. The molecule has 2 aliphatic heterocycles. The normalized spacial score (nSPS) is 22.4. The molecule has 39 heavy (non-hydrogen) atoms. The molecule has 0 aromatic heterocycles. The van der Waals surface area contributed by atoms with Crippen LogP contribution in [0.25, 0.3) is 0 Å².